The van der Waals surface area contributed by atoms with Crippen LogP contribution in [0.5, 0.6) is 0 Å². The van der Waals surface area contributed by atoms with Crippen molar-refractivity contribution in [1.82, 2.24) is 4.90 Å². The average Bonchev–Trinajstić information content (AvgIpc) is 2.61. The second-order valence-electron chi connectivity index (χ2n) is 3.48. The van der Waals surface area contributed by atoms with E-state index in [1.807, 2.05) is 18.4 Å². The van der Waals surface area contributed by atoms with Crippen LogP contribution in [0.2, 0.25) is 0 Å². The minimum absolute atomic E-state index is 0.0922. The quantitative estimate of drug-likeness (QED) is 0.781. The van der Waals surface area contributed by atoms with Crippen LogP contribution in [-0.2, 0) is 11.3 Å². The summed E-state index contributed by atoms with van der Waals surface area (Å²) in [6.45, 7) is 2.49. The maximum atomic E-state index is 11.7. The summed E-state index contributed by atoms with van der Waals surface area (Å²) in [5, 5.41) is 2.01. The zero-order chi connectivity index (χ0) is 11.4. The number of carbonyl (C=O) groups excluding carboxylic acids is 1. The van der Waals surface area contributed by atoms with Gasteiger partial charge in [-0.25, -0.2) is 0 Å². The molecule has 1 atom stereocenters. The fraction of sp³-hybridized carbons (Fsp3) is 0.500. The third kappa shape index (κ3) is 3.78. The number of amides is 1. The van der Waals surface area contributed by atoms with Crippen molar-refractivity contribution in [3.8, 4) is 0 Å². The lowest BCUT2D eigenvalue weighted by Gasteiger charge is -2.19. The van der Waals surface area contributed by atoms with Crippen LogP contribution < -0.4 is 0 Å². The standard InChI is InChI=1S/C10H13BrClNOS/c1-7(4-12)10(14)13(2)5-9-3-8(11)6-15-9/h3,6-7H,4-5H2,1-2H3. The molecule has 0 spiro atoms. The second-order valence-corrected chi connectivity index (χ2v) is 5.70. The monoisotopic (exact) mass is 309 g/mol. The zero-order valence-electron chi connectivity index (χ0n) is 8.67. The van der Waals surface area contributed by atoms with Crippen molar-refractivity contribution < 1.29 is 4.79 Å². The smallest absolute Gasteiger partial charge is 0.226 e. The van der Waals surface area contributed by atoms with Gasteiger partial charge in [-0.05, 0) is 22.0 Å². The Bertz CT molecular complexity index is 342. The molecule has 1 rings (SSSR count). The van der Waals surface area contributed by atoms with Crippen molar-refractivity contribution in [2.75, 3.05) is 12.9 Å². The first kappa shape index (κ1) is 13.0. The molecule has 1 heterocycles. The number of rotatable bonds is 4. The van der Waals surface area contributed by atoms with Crippen molar-refractivity contribution in [2.24, 2.45) is 5.92 Å². The first-order chi connectivity index (χ1) is 7.04. The molecule has 0 N–H and O–H groups in total. The van der Waals surface area contributed by atoms with Crippen molar-refractivity contribution in [2.45, 2.75) is 13.5 Å². The molecule has 0 bridgehead atoms. The third-order valence-electron chi connectivity index (χ3n) is 2.04. The minimum atomic E-state index is -0.111. The van der Waals surface area contributed by atoms with Gasteiger partial charge in [-0.15, -0.1) is 22.9 Å². The summed E-state index contributed by atoms with van der Waals surface area (Å²) >= 11 is 10.7. The first-order valence-corrected chi connectivity index (χ1v) is 6.79. The van der Waals surface area contributed by atoms with Gasteiger partial charge in [0.05, 0.1) is 6.54 Å². The summed E-state index contributed by atoms with van der Waals surface area (Å²) in [5.41, 5.74) is 0. The Morgan fingerprint density at radius 1 is 1.73 bits per heavy atom. The first-order valence-electron chi connectivity index (χ1n) is 4.58. The summed E-state index contributed by atoms with van der Waals surface area (Å²) in [4.78, 5) is 14.6. The van der Waals surface area contributed by atoms with Crippen molar-refractivity contribution in [3.63, 3.8) is 0 Å². The summed E-state index contributed by atoms with van der Waals surface area (Å²) in [5.74, 6) is 0.353. The SMILES string of the molecule is CC(CCl)C(=O)N(C)Cc1cc(Br)cs1. The van der Waals surface area contributed by atoms with Crippen LogP contribution in [-0.4, -0.2) is 23.7 Å². The lowest BCUT2D eigenvalue weighted by atomic mass is 10.2. The van der Waals surface area contributed by atoms with E-state index in [1.165, 1.54) is 4.88 Å². The molecule has 0 aliphatic rings. The molecule has 0 saturated carbocycles. The van der Waals surface area contributed by atoms with Gasteiger partial charge in [0.25, 0.3) is 0 Å². The predicted molar refractivity (Wildman–Crippen MR) is 68.4 cm³/mol. The van der Waals surface area contributed by atoms with Crippen LogP contribution in [0.25, 0.3) is 0 Å². The molecular formula is C10H13BrClNOS. The number of thiophene rings is 1. The van der Waals surface area contributed by atoms with Crippen LogP contribution in [0.1, 0.15) is 11.8 Å². The number of hydrogen-bond donors (Lipinski definition) is 0. The Kier molecular flexibility index (Phi) is 5.09. The van der Waals surface area contributed by atoms with Gasteiger partial charge in [-0.3, -0.25) is 4.79 Å². The van der Waals surface area contributed by atoms with Crippen LogP contribution in [0.4, 0.5) is 0 Å². The van der Waals surface area contributed by atoms with Crippen LogP contribution in [0.15, 0.2) is 15.9 Å². The van der Waals surface area contributed by atoms with Gasteiger partial charge in [0.2, 0.25) is 5.91 Å². The molecule has 0 aromatic carbocycles. The maximum absolute atomic E-state index is 11.7. The van der Waals surface area contributed by atoms with Gasteiger partial charge < -0.3 is 4.90 Å². The Balaban J connectivity index is 2.55. The van der Waals surface area contributed by atoms with Crippen LogP contribution in [0.3, 0.4) is 0 Å². The van der Waals surface area contributed by atoms with E-state index in [9.17, 15) is 4.79 Å². The summed E-state index contributed by atoms with van der Waals surface area (Å²) < 4.78 is 1.06. The summed E-state index contributed by atoms with van der Waals surface area (Å²) in [7, 11) is 1.80. The fourth-order valence-electron chi connectivity index (χ4n) is 1.19. The van der Waals surface area contributed by atoms with E-state index in [0.29, 0.717) is 12.4 Å². The molecule has 2 nitrogen and oxygen atoms in total. The molecule has 5 heteroatoms. The predicted octanol–water partition coefficient (Wildman–Crippen LogP) is 3.34. The van der Waals surface area contributed by atoms with Gasteiger partial charge in [-0.2, -0.15) is 0 Å². The number of carbonyl (C=O) groups is 1. The second kappa shape index (κ2) is 5.87. The minimum Gasteiger partial charge on any atom is -0.340 e. The van der Waals surface area contributed by atoms with Gasteiger partial charge in [0, 0.05) is 33.6 Å². The Hall–Kier alpha value is -0.0600. The molecule has 0 saturated heterocycles. The van der Waals surface area contributed by atoms with E-state index < -0.39 is 0 Å². The van der Waals surface area contributed by atoms with Crippen molar-refractivity contribution in [3.05, 3.63) is 20.8 Å². The van der Waals surface area contributed by atoms with Gasteiger partial charge in [0.1, 0.15) is 0 Å². The molecule has 0 aliphatic heterocycles. The normalized spacial score (nSPS) is 12.5. The molecular weight excluding hydrogens is 298 g/mol. The van der Waals surface area contributed by atoms with Crippen molar-refractivity contribution in [1.29, 1.82) is 0 Å². The largest absolute Gasteiger partial charge is 0.340 e. The molecule has 1 unspecified atom stereocenters. The third-order valence-corrected chi connectivity index (χ3v) is 4.19. The highest BCUT2D eigenvalue weighted by atomic mass is 79.9. The number of alkyl halides is 1. The van der Waals surface area contributed by atoms with E-state index >= 15 is 0 Å². The lowest BCUT2D eigenvalue weighted by Crippen LogP contribution is -2.31. The molecule has 84 valence electrons. The van der Waals surface area contributed by atoms with E-state index in [1.54, 1.807) is 23.3 Å². The number of hydrogen-bond acceptors (Lipinski definition) is 2. The Labute approximate surface area is 107 Å². The van der Waals surface area contributed by atoms with E-state index in [0.717, 1.165) is 4.47 Å². The van der Waals surface area contributed by atoms with Crippen LogP contribution in [0, 0.1) is 5.92 Å². The van der Waals surface area contributed by atoms with Gasteiger partial charge in [0.15, 0.2) is 0 Å². The Morgan fingerprint density at radius 2 is 2.40 bits per heavy atom. The molecule has 15 heavy (non-hydrogen) atoms. The molecule has 0 aliphatic carbocycles. The molecule has 1 aromatic rings. The Morgan fingerprint density at radius 3 is 2.87 bits per heavy atom. The molecule has 1 aromatic heterocycles. The number of halogens is 2. The van der Waals surface area contributed by atoms with Crippen LogP contribution >= 0.6 is 38.9 Å². The molecule has 0 fully saturated rings. The van der Waals surface area contributed by atoms with Gasteiger partial charge in [-0.1, -0.05) is 6.92 Å². The average molecular weight is 311 g/mol. The highest BCUT2D eigenvalue weighted by Gasteiger charge is 2.16. The zero-order valence-corrected chi connectivity index (χ0v) is 11.8. The van der Waals surface area contributed by atoms with E-state index in [-0.39, 0.29) is 11.8 Å². The van der Waals surface area contributed by atoms with E-state index in [4.69, 9.17) is 11.6 Å². The highest BCUT2D eigenvalue weighted by Crippen LogP contribution is 2.21. The van der Waals surface area contributed by atoms with E-state index in [2.05, 4.69) is 15.9 Å². The molecule has 0 radical (unpaired) electrons. The highest BCUT2D eigenvalue weighted by molar-refractivity contribution is 9.10. The topological polar surface area (TPSA) is 20.3 Å². The summed E-state index contributed by atoms with van der Waals surface area (Å²) in [6, 6.07) is 2.03. The maximum Gasteiger partial charge on any atom is 0.226 e. The fourth-order valence-corrected chi connectivity index (χ4v) is 2.83. The molecule has 1 amide bonds. The van der Waals surface area contributed by atoms with Crippen molar-refractivity contribution >= 4 is 44.8 Å². The van der Waals surface area contributed by atoms with Gasteiger partial charge >= 0.3 is 0 Å². The summed E-state index contributed by atoms with van der Waals surface area (Å²) in [6.07, 6.45) is 0. The lowest BCUT2D eigenvalue weighted by molar-refractivity contribution is -0.133. The number of nitrogens with zero attached hydrogens (tertiary/aromatic N) is 1.